The fourth-order valence-corrected chi connectivity index (χ4v) is 2.08. The molecule has 88 valence electrons. The fraction of sp³-hybridized carbons (Fsp3) is 0.385. The molecule has 1 aromatic carbocycles. The Labute approximate surface area is 99.8 Å². The lowest BCUT2D eigenvalue weighted by molar-refractivity contribution is 0.566. The van der Waals surface area contributed by atoms with Crippen LogP contribution in [0.5, 0.6) is 0 Å². The zero-order valence-electron chi connectivity index (χ0n) is 9.59. The van der Waals surface area contributed by atoms with Crippen molar-refractivity contribution < 1.29 is 8.78 Å². The minimum Gasteiger partial charge on any atom is -0.211 e. The van der Waals surface area contributed by atoms with Gasteiger partial charge in [-0.05, 0) is 44.0 Å². The first-order chi connectivity index (χ1) is 7.63. The number of unbranched alkanes of at least 4 members (excludes halogenated alkanes) is 1. The van der Waals surface area contributed by atoms with Crippen molar-refractivity contribution in [3.63, 3.8) is 0 Å². The molecule has 1 rings (SSSR count). The van der Waals surface area contributed by atoms with Gasteiger partial charge in [-0.2, -0.15) is 0 Å². The Hall–Kier alpha value is -0.830. The molecule has 0 aliphatic heterocycles. The maximum Gasteiger partial charge on any atom is 0.123 e. The van der Waals surface area contributed by atoms with Gasteiger partial charge in [0.15, 0.2) is 0 Å². The van der Waals surface area contributed by atoms with E-state index in [1.54, 1.807) is 19.1 Å². The lowest BCUT2D eigenvalue weighted by Gasteiger charge is -2.04. The molecule has 0 nitrogen and oxygen atoms in total. The predicted molar refractivity (Wildman–Crippen MR) is 65.6 cm³/mol. The first-order valence-corrected chi connectivity index (χ1v) is 6.23. The van der Waals surface area contributed by atoms with Crippen molar-refractivity contribution in [3.8, 4) is 0 Å². The van der Waals surface area contributed by atoms with E-state index in [0.717, 1.165) is 17.7 Å². The molecule has 0 unspecified atom stereocenters. The van der Waals surface area contributed by atoms with Gasteiger partial charge < -0.3 is 0 Å². The molecule has 0 fully saturated rings. The molecule has 0 aliphatic carbocycles. The van der Waals surface area contributed by atoms with Crippen LogP contribution in [0, 0.1) is 5.82 Å². The summed E-state index contributed by atoms with van der Waals surface area (Å²) in [6, 6.07) is 6.10. The summed E-state index contributed by atoms with van der Waals surface area (Å²) in [7, 11) is 0. The quantitative estimate of drug-likeness (QED) is 0.630. The summed E-state index contributed by atoms with van der Waals surface area (Å²) in [6.45, 7) is 3.80. The van der Waals surface area contributed by atoms with Crippen molar-refractivity contribution in [2.75, 3.05) is 0 Å². The molecule has 3 heteroatoms. The van der Waals surface area contributed by atoms with Crippen molar-refractivity contribution in [3.05, 3.63) is 40.8 Å². The molecule has 0 aliphatic rings. The van der Waals surface area contributed by atoms with Crippen LogP contribution >= 0.6 is 11.8 Å². The first-order valence-electron chi connectivity index (χ1n) is 5.42. The maximum atomic E-state index is 13.5. The van der Waals surface area contributed by atoms with Gasteiger partial charge in [-0.25, -0.2) is 8.78 Å². The highest BCUT2D eigenvalue weighted by Crippen LogP contribution is 2.30. The van der Waals surface area contributed by atoms with Gasteiger partial charge in [-0.1, -0.05) is 25.1 Å². The van der Waals surface area contributed by atoms with Crippen LogP contribution in [0.2, 0.25) is 0 Å². The molecule has 1 aromatic rings. The minimum atomic E-state index is -0.266. The standard InChI is InChI=1S/C13H16F2S/c1-3-4-5-13(15)10(2)16-12-8-6-11(14)7-9-12/h6-9H,3-5H2,1-2H3/b13-10+. The lowest BCUT2D eigenvalue weighted by Crippen LogP contribution is -1.81. The second-order valence-electron chi connectivity index (χ2n) is 3.62. The van der Waals surface area contributed by atoms with Crippen molar-refractivity contribution in [2.45, 2.75) is 38.0 Å². The van der Waals surface area contributed by atoms with E-state index in [1.807, 2.05) is 6.92 Å². The molecule has 0 N–H and O–H groups in total. The molecule has 0 radical (unpaired) electrons. The van der Waals surface area contributed by atoms with Gasteiger partial charge >= 0.3 is 0 Å². The summed E-state index contributed by atoms with van der Waals surface area (Å²) in [6.07, 6.45) is 2.35. The topological polar surface area (TPSA) is 0 Å². The van der Waals surface area contributed by atoms with Crippen molar-refractivity contribution in [1.82, 2.24) is 0 Å². The Morgan fingerprint density at radius 3 is 2.44 bits per heavy atom. The molecule has 0 saturated carbocycles. The van der Waals surface area contributed by atoms with Crippen LogP contribution in [-0.2, 0) is 0 Å². The average Bonchev–Trinajstić information content (AvgIpc) is 2.29. The smallest absolute Gasteiger partial charge is 0.123 e. The Morgan fingerprint density at radius 2 is 1.88 bits per heavy atom. The second-order valence-corrected chi connectivity index (χ2v) is 4.91. The van der Waals surface area contributed by atoms with Crippen LogP contribution in [0.15, 0.2) is 39.9 Å². The van der Waals surface area contributed by atoms with E-state index < -0.39 is 0 Å². The number of allylic oxidation sites excluding steroid dienone is 2. The molecular weight excluding hydrogens is 226 g/mol. The largest absolute Gasteiger partial charge is 0.211 e. The highest BCUT2D eigenvalue weighted by molar-refractivity contribution is 8.03. The SMILES string of the molecule is CCCC/C(F)=C(/C)Sc1ccc(F)cc1. The molecule has 0 amide bonds. The Morgan fingerprint density at radius 1 is 1.25 bits per heavy atom. The molecule has 0 bridgehead atoms. The van der Waals surface area contributed by atoms with Crippen LogP contribution < -0.4 is 0 Å². The Kier molecular flexibility index (Phi) is 5.53. The van der Waals surface area contributed by atoms with Gasteiger partial charge in [0.1, 0.15) is 11.6 Å². The molecule has 16 heavy (non-hydrogen) atoms. The molecule has 0 saturated heterocycles. The summed E-state index contributed by atoms with van der Waals surface area (Å²) in [5.41, 5.74) is 0. The van der Waals surface area contributed by atoms with Gasteiger partial charge in [0, 0.05) is 9.80 Å². The van der Waals surface area contributed by atoms with Crippen LogP contribution in [0.1, 0.15) is 33.1 Å². The predicted octanol–water partition coefficient (Wildman–Crippen LogP) is 5.31. The van der Waals surface area contributed by atoms with Gasteiger partial charge in [0.2, 0.25) is 0 Å². The second kappa shape index (κ2) is 6.69. The van der Waals surface area contributed by atoms with E-state index in [1.165, 1.54) is 23.9 Å². The third-order valence-corrected chi connectivity index (χ3v) is 3.25. The number of halogens is 2. The summed E-state index contributed by atoms with van der Waals surface area (Å²) >= 11 is 1.35. The van der Waals surface area contributed by atoms with Gasteiger partial charge in [-0.15, -0.1) is 0 Å². The van der Waals surface area contributed by atoms with E-state index in [9.17, 15) is 8.78 Å². The fourth-order valence-electron chi connectivity index (χ4n) is 1.24. The Balaban J connectivity index is 2.62. The molecular formula is C13H16F2S. The number of hydrogen-bond acceptors (Lipinski definition) is 1. The number of hydrogen-bond donors (Lipinski definition) is 0. The van der Waals surface area contributed by atoms with Crippen molar-refractivity contribution in [2.24, 2.45) is 0 Å². The summed E-state index contributed by atoms with van der Waals surface area (Å²) in [5.74, 6) is -0.325. The lowest BCUT2D eigenvalue weighted by atomic mass is 10.2. The van der Waals surface area contributed by atoms with E-state index in [-0.39, 0.29) is 11.6 Å². The third kappa shape index (κ3) is 4.35. The normalized spacial score (nSPS) is 12.5. The van der Waals surface area contributed by atoms with Gasteiger partial charge in [0.25, 0.3) is 0 Å². The Bertz CT molecular complexity index is 355. The highest BCUT2D eigenvalue weighted by Gasteiger charge is 2.03. The van der Waals surface area contributed by atoms with Gasteiger partial charge in [0.05, 0.1) is 0 Å². The van der Waals surface area contributed by atoms with E-state index in [4.69, 9.17) is 0 Å². The van der Waals surface area contributed by atoms with E-state index >= 15 is 0 Å². The van der Waals surface area contributed by atoms with Crippen LogP contribution in [0.25, 0.3) is 0 Å². The van der Waals surface area contributed by atoms with Crippen LogP contribution in [0.3, 0.4) is 0 Å². The minimum absolute atomic E-state index is 0.0591. The summed E-state index contributed by atoms with van der Waals surface area (Å²) < 4.78 is 26.2. The monoisotopic (exact) mass is 242 g/mol. The summed E-state index contributed by atoms with van der Waals surface area (Å²) in [5, 5.41) is 0. The number of thioether (sulfide) groups is 1. The highest BCUT2D eigenvalue weighted by atomic mass is 32.2. The zero-order valence-corrected chi connectivity index (χ0v) is 10.4. The summed E-state index contributed by atoms with van der Waals surface area (Å²) in [4.78, 5) is 1.53. The molecule has 0 spiro atoms. The molecule has 0 atom stereocenters. The number of benzene rings is 1. The van der Waals surface area contributed by atoms with Crippen molar-refractivity contribution >= 4 is 11.8 Å². The molecule has 0 aromatic heterocycles. The van der Waals surface area contributed by atoms with Crippen molar-refractivity contribution in [1.29, 1.82) is 0 Å². The van der Waals surface area contributed by atoms with Crippen LogP contribution in [-0.4, -0.2) is 0 Å². The third-order valence-electron chi connectivity index (χ3n) is 2.22. The average molecular weight is 242 g/mol. The van der Waals surface area contributed by atoms with E-state index in [0.29, 0.717) is 11.3 Å². The van der Waals surface area contributed by atoms with E-state index in [2.05, 4.69) is 0 Å². The first kappa shape index (κ1) is 13.2. The number of rotatable bonds is 5. The zero-order chi connectivity index (χ0) is 12.0. The van der Waals surface area contributed by atoms with Crippen LogP contribution in [0.4, 0.5) is 8.78 Å². The van der Waals surface area contributed by atoms with Gasteiger partial charge in [-0.3, -0.25) is 0 Å². The molecule has 0 heterocycles. The maximum absolute atomic E-state index is 13.5.